The van der Waals surface area contributed by atoms with E-state index in [4.69, 9.17) is 11.5 Å². The van der Waals surface area contributed by atoms with Crippen molar-refractivity contribution in [3.63, 3.8) is 0 Å². The highest BCUT2D eigenvalue weighted by Crippen LogP contribution is 2.25. The summed E-state index contributed by atoms with van der Waals surface area (Å²) in [5, 5.41) is 0. The standard InChI is InChI=1S/C9H11BrN4.BrH/c10-5-14-2-1-8-6(4-14)7(11)3-9(12)13-8;/h1-3H,4-5H2,(H4,11,12,13);1H. The first-order chi connectivity index (χ1) is 6.70. The fraction of sp³-hybridized carbons (Fsp3) is 0.222. The number of nitrogen functional groups attached to an aromatic ring is 2. The topological polar surface area (TPSA) is 68.2 Å². The Labute approximate surface area is 107 Å². The molecule has 6 heteroatoms. The summed E-state index contributed by atoms with van der Waals surface area (Å²) in [4.78, 5) is 6.31. The zero-order valence-corrected chi connectivity index (χ0v) is 11.3. The molecule has 1 aromatic heterocycles. The van der Waals surface area contributed by atoms with Crippen molar-refractivity contribution in [2.24, 2.45) is 0 Å². The molecule has 0 saturated carbocycles. The molecule has 0 unspecified atom stereocenters. The van der Waals surface area contributed by atoms with E-state index in [2.05, 4.69) is 25.8 Å². The summed E-state index contributed by atoms with van der Waals surface area (Å²) in [6, 6.07) is 1.70. The van der Waals surface area contributed by atoms with Gasteiger partial charge in [-0.3, -0.25) is 0 Å². The second-order valence-electron chi connectivity index (χ2n) is 3.18. The van der Waals surface area contributed by atoms with Crippen LogP contribution in [0.25, 0.3) is 6.08 Å². The molecule has 2 heterocycles. The Morgan fingerprint density at radius 2 is 2.20 bits per heavy atom. The van der Waals surface area contributed by atoms with E-state index < -0.39 is 0 Å². The summed E-state index contributed by atoms with van der Waals surface area (Å²) in [7, 11) is 0. The zero-order valence-electron chi connectivity index (χ0n) is 7.98. The van der Waals surface area contributed by atoms with E-state index in [1.807, 2.05) is 12.3 Å². The summed E-state index contributed by atoms with van der Waals surface area (Å²) in [5.41, 5.74) is 14.9. The lowest BCUT2D eigenvalue weighted by molar-refractivity contribution is 0.434. The monoisotopic (exact) mass is 334 g/mol. The van der Waals surface area contributed by atoms with E-state index in [1.165, 1.54) is 0 Å². The maximum Gasteiger partial charge on any atom is 0.126 e. The summed E-state index contributed by atoms with van der Waals surface area (Å²) in [6.45, 7) is 0.774. The Bertz CT molecular complexity index is 392. The first-order valence-corrected chi connectivity index (χ1v) is 5.36. The van der Waals surface area contributed by atoms with Gasteiger partial charge in [0.05, 0.1) is 11.1 Å². The minimum Gasteiger partial charge on any atom is -0.398 e. The number of aromatic nitrogens is 1. The van der Waals surface area contributed by atoms with Crippen molar-refractivity contribution in [3.05, 3.63) is 23.5 Å². The van der Waals surface area contributed by atoms with Crippen LogP contribution in [0, 0.1) is 0 Å². The lowest BCUT2D eigenvalue weighted by atomic mass is 10.1. The van der Waals surface area contributed by atoms with Crippen LogP contribution < -0.4 is 11.5 Å². The number of nitrogens with two attached hydrogens (primary N) is 2. The minimum atomic E-state index is 0. The molecule has 0 aliphatic carbocycles. The van der Waals surface area contributed by atoms with Crippen molar-refractivity contribution in [1.29, 1.82) is 0 Å². The molecule has 1 aromatic rings. The molecule has 0 aromatic carbocycles. The van der Waals surface area contributed by atoms with Gasteiger partial charge in [0.15, 0.2) is 0 Å². The molecule has 0 spiro atoms. The molecule has 15 heavy (non-hydrogen) atoms. The lowest BCUT2D eigenvalue weighted by Crippen LogP contribution is -2.20. The van der Waals surface area contributed by atoms with Crippen LogP contribution in [-0.2, 0) is 6.54 Å². The number of halogens is 2. The van der Waals surface area contributed by atoms with Crippen LogP contribution in [-0.4, -0.2) is 15.3 Å². The molecule has 4 nitrogen and oxygen atoms in total. The van der Waals surface area contributed by atoms with Crippen molar-refractivity contribution >= 4 is 50.5 Å². The van der Waals surface area contributed by atoms with E-state index in [0.29, 0.717) is 11.5 Å². The number of rotatable bonds is 1. The van der Waals surface area contributed by atoms with Crippen molar-refractivity contribution in [1.82, 2.24) is 9.88 Å². The summed E-state index contributed by atoms with van der Waals surface area (Å²) in [5.74, 6) is 0.471. The van der Waals surface area contributed by atoms with Crippen LogP contribution in [0.2, 0.25) is 0 Å². The summed E-state index contributed by atoms with van der Waals surface area (Å²) >= 11 is 3.39. The second kappa shape index (κ2) is 4.85. The van der Waals surface area contributed by atoms with E-state index >= 15 is 0 Å². The zero-order chi connectivity index (χ0) is 10.1. The Morgan fingerprint density at radius 3 is 2.87 bits per heavy atom. The number of pyridine rings is 1. The molecule has 0 fully saturated rings. The van der Waals surface area contributed by atoms with Gasteiger partial charge in [-0.25, -0.2) is 4.98 Å². The number of nitrogens with zero attached hydrogens (tertiary/aromatic N) is 2. The molecule has 1 aliphatic heterocycles. The first kappa shape index (κ1) is 12.3. The average Bonchev–Trinajstić information content (AvgIpc) is 2.17. The highest BCUT2D eigenvalue weighted by Gasteiger charge is 2.14. The van der Waals surface area contributed by atoms with Crippen molar-refractivity contribution in [2.75, 3.05) is 16.9 Å². The fourth-order valence-corrected chi connectivity index (χ4v) is 1.80. The highest BCUT2D eigenvalue weighted by molar-refractivity contribution is 9.09. The molecule has 0 bridgehead atoms. The quantitative estimate of drug-likeness (QED) is 0.608. The Kier molecular flexibility index (Phi) is 3.98. The number of alkyl halides is 1. The van der Waals surface area contributed by atoms with Crippen LogP contribution >= 0.6 is 32.9 Å². The second-order valence-corrected chi connectivity index (χ2v) is 3.68. The Morgan fingerprint density at radius 1 is 1.47 bits per heavy atom. The molecule has 0 amide bonds. The average molecular weight is 336 g/mol. The van der Waals surface area contributed by atoms with Crippen LogP contribution in [0.1, 0.15) is 11.3 Å². The number of anilines is 2. The molecular formula is C9H12Br2N4. The van der Waals surface area contributed by atoms with E-state index in [1.54, 1.807) is 6.07 Å². The smallest absolute Gasteiger partial charge is 0.126 e. The molecule has 4 N–H and O–H groups in total. The number of hydrogen-bond donors (Lipinski definition) is 2. The summed E-state index contributed by atoms with van der Waals surface area (Å²) < 4.78 is 0. The SMILES string of the molecule is Br.Nc1cc(N)c2c(n1)C=CN(CBr)C2. The van der Waals surface area contributed by atoms with Gasteiger partial charge >= 0.3 is 0 Å². The Balaban J connectivity index is 0.00000112. The Hall–Kier alpha value is -0.750. The summed E-state index contributed by atoms with van der Waals surface area (Å²) in [6.07, 6.45) is 3.90. The van der Waals surface area contributed by atoms with Gasteiger partial charge in [-0.1, -0.05) is 15.9 Å². The van der Waals surface area contributed by atoms with Gasteiger partial charge in [-0.05, 0) is 6.08 Å². The molecule has 2 rings (SSSR count). The molecule has 0 saturated heterocycles. The van der Waals surface area contributed by atoms with Crippen LogP contribution in [0.4, 0.5) is 11.5 Å². The molecular weight excluding hydrogens is 324 g/mol. The van der Waals surface area contributed by atoms with Gasteiger partial charge < -0.3 is 16.4 Å². The highest BCUT2D eigenvalue weighted by atomic mass is 79.9. The molecule has 0 atom stereocenters. The first-order valence-electron chi connectivity index (χ1n) is 4.24. The van der Waals surface area contributed by atoms with Crippen molar-refractivity contribution in [2.45, 2.75) is 6.54 Å². The molecule has 0 radical (unpaired) electrons. The van der Waals surface area contributed by atoms with E-state index in [-0.39, 0.29) is 17.0 Å². The predicted octanol–water partition coefficient (Wildman–Crippen LogP) is 1.96. The third kappa shape index (κ3) is 2.43. The lowest BCUT2D eigenvalue weighted by Gasteiger charge is -2.23. The van der Waals surface area contributed by atoms with Crippen LogP contribution in [0.15, 0.2) is 12.3 Å². The van der Waals surface area contributed by atoms with E-state index in [0.717, 1.165) is 23.3 Å². The third-order valence-corrected chi connectivity index (χ3v) is 2.81. The third-order valence-electron chi connectivity index (χ3n) is 2.17. The molecule has 1 aliphatic rings. The van der Waals surface area contributed by atoms with Gasteiger partial charge in [0.2, 0.25) is 0 Å². The van der Waals surface area contributed by atoms with Crippen molar-refractivity contribution < 1.29 is 0 Å². The molecule has 82 valence electrons. The van der Waals surface area contributed by atoms with Gasteiger partial charge in [-0.15, -0.1) is 17.0 Å². The minimum absolute atomic E-state index is 0. The fourth-order valence-electron chi connectivity index (χ4n) is 1.46. The maximum atomic E-state index is 5.86. The largest absolute Gasteiger partial charge is 0.398 e. The number of hydrogen-bond acceptors (Lipinski definition) is 4. The predicted molar refractivity (Wildman–Crippen MR) is 71.8 cm³/mol. The van der Waals surface area contributed by atoms with Gasteiger partial charge in [0.25, 0.3) is 0 Å². The van der Waals surface area contributed by atoms with Crippen molar-refractivity contribution in [3.8, 4) is 0 Å². The van der Waals surface area contributed by atoms with Crippen LogP contribution in [0.3, 0.4) is 0 Å². The number of fused-ring (bicyclic) bond motifs is 1. The van der Waals surface area contributed by atoms with Gasteiger partial charge in [0, 0.05) is 30.1 Å². The normalized spacial score (nSPS) is 13.3. The van der Waals surface area contributed by atoms with Gasteiger partial charge in [-0.2, -0.15) is 0 Å². The maximum absolute atomic E-state index is 5.86. The van der Waals surface area contributed by atoms with Gasteiger partial charge in [0.1, 0.15) is 5.82 Å². The van der Waals surface area contributed by atoms with Crippen LogP contribution in [0.5, 0.6) is 0 Å². The van der Waals surface area contributed by atoms with E-state index in [9.17, 15) is 0 Å².